The lowest BCUT2D eigenvalue weighted by atomic mass is 9.93. The molecule has 0 aliphatic carbocycles. The van der Waals surface area contributed by atoms with Crippen molar-refractivity contribution in [1.82, 2.24) is 0 Å². The minimum Gasteiger partial charge on any atom is -0.496 e. The molecule has 0 saturated heterocycles. The van der Waals surface area contributed by atoms with E-state index in [1.54, 1.807) is 12.1 Å². The van der Waals surface area contributed by atoms with Crippen LogP contribution in [0.5, 0.6) is 5.75 Å². The van der Waals surface area contributed by atoms with E-state index in [2.05, 4.69) is 6.07 Å². The molecule has 0 amide bonds. The van der Waals surface area contributed by atoms with Gasteiger partial charge in [0, 0.05) is 5.56 Å². The van der Waals surface area contributed by atoms with Gasteiger partial charge in [-0.2, -0.15) is 5.26 Å². The quantitative estimate of drug-likeness (QED) is 0.779. The molecule has 2 rings (SSSR count). The van der Waals surface area contributed by atoms with E-state index in [0.29, 0.717) is 21.2 Å². The number of hydrogen-bond donors (Lipinski definition) is 0. The summed E-state index contributed by atoms with van der Waals surface area (Å²) in [5.74, 6) is -0.676. The lowest BCUT2D eigenvalue weighted by Gasteiger charge is -2.13. The molecule has 2 aromatic rings. The van der Waals surface area contributed by atoms with Crippen LogP contribution in [0.1, 0.15) is 32.3 Å². The van der Waals surface area contributed by atoms with Crippen LogP contribution in [0.25, 0.3) is 0 Å². The maximum atomic E-state index is 12.6. The van der Waals surface area contributed by atoms with Crippen molar-refractivity contribution in [1.29, 1.82) is 5.26 Å². The fourth-order valence-electron chi connectivity index (χ4n) is 2.08. The van der Waals surface area contributed by atoms with Crippen LogP contribution in [-0.2, 0) is 0 Å². The zero-order chi connectivity index (χ0) is 15.6. The lowest BCUT2D eigenvalue weighted by molar-refractivity contribution is 0.0982. The number of methoxy groups -OCH3 is 1. The van der Waals surface area contributed by atoms with E-state index >= 15 is 0 Å². The fourth-order valence-corrected chi connectivity index (χ4v) is 3.33. The normalized spacial score (nSPS) is 11.8. The first-order valence-electron chi connectivity index (χ1n) is 6.31. The Labute approximate surface area is 132 Å². The number of Topliss-reactive ketones (excluding diaryl/α,β-unsaturated/α-hetero) is 1. The topological polar surface area (TPSA) is 50.1 Å². The molecule has 5 heteroatoms. The summed E-state index contributed by atoms with van der Waals surface area (Å²) in [6.45, 7) is 3.74. The highest BCUT2D eigenvalue weighted by Gasteiger charge is 2.28. The van der Waals surface area contributed by atoms with Gasteiger partial charge >= 0.3 is 0 Å². The summed E-state index contributed by atoms with van der Waals surface area (Å²) in [5.41, 5.74) is 2.39. The van der Waals surface area contributed by atoms with E-state index in [1.165, 1.54) is 18.4 Å². The Morgan fingerprint density at radius 1 is 1.43 bits per heavy atom. The first-order chi connectivity index (χ1) is 9.99. The maximum absolute atomic E-state index is 12.6. The molecule has 0 radical (unpaired) electrons. The van der Waals surface area contributed by atoms with Gasteiger partial charge in [0.2, 0.25) is 0 Å². The van der Waals surface area contributed by atoms with Crippen LogP contribution >= 0.6 is 22.9 Å². The number of halogens is 1. The van der Waals surface area contributed by atoms with E-state index in [9.17, 15) is 10.1 Å². The second-order valence-corrected chi connectivity index (χ2v) is 5.99. The molecule has 1 aromatic heterocycles. The summed E-state index contributed by atoms with van der Waals surface area (Å²) in [6, 6.07) is 7.52. The minimum absolute atomic E-state index is 0.287. The zero-order valence-corrected chi connectivity index (χ0v) is 13.5. The number of rotatable bonds is 4. The van der Waals surface area contributed by atoms with Crippen LogP contribution < -0.4 is 4.74 Å². The van der Waals surface area contributed by atoms with Crippen molar-refractivity contribution in [2.24, 2.45) is 0 Å². The summed E-state index contributed by atoms with van der Waals surface area (Å²) in [6.07, 6.45) is 0. The van der Waals surface area contributed by atoms with Crippen molar-refractivity contribution >= 4 is 28.7 Å². The molecule has 0 saturated carbocycles. The van der Waals surface area contributed by atoms with Gasteiger partial charge in [-0.25, -0.2) is 0 Å². The van der Waals surface area contributed by atoms with Crippen molar-refractivity contribution in [2.75, 3.05) is 7.11 Å². The van der Waals surface area contributed by atoms with Gasteiger partial charge in [0.15, 0.2) is 5.78 Å². The lowest BCUT2D eigenvalue weighted by Crippen LogP contribution is -2.12. The number of benzene rings is 1. The third-order valence-electron chi connectivity index (χ3n) is 3.21. The Morgan fingerprint density at radius 3 is 2.67 bits per heavy atom. The second-order valence-electron chi connectivity index (χ2n) is 4.73. The zero-order valence-electron chi connectivity index (χ0n) is 11.9. The molecule has 0 N–H and O–H groups in total. The second kappa shape index (κ2) is 6.30. The SMILES string of the molecule is COc1ccc(C)cc1C(C#N)C(=O)c1scc(C)c1Cl. The Kier molecular flexibility index (Phi) is 4.66. The summed E-state index contributed by atoms with van der Waals surface area (Å²) in [4.78, 5) is 13.1. The van der Waals surface area contributed by atoms with Crippen molar-refractivity contribution < 1.29 is 9.53 Å². The van der Waals surface area contributed by atoms with Gasteiger partial charge in [-0.05, 0) is 30.9 Å². The highest BCUT2D eigenvalue weighted by molar-refractivity contribution is 7.13. The van der Waals surface area contributed by atoms with Crippen LogP contribution in [0.2, 0.25) is 5.02 Å². The summed E-state index contributed by atoms with van der Waals surface area (Å²) in [5, 5.41) is 11.7. The van der Waals surface area contributed by atoms with Gasteiger partial charge in [-0.1, -0.05) is 29.3 Å². The van der Waals surface area contributed by atoms with Crippen LogP contribution in [0.4, 0.5) is 0 Å². The molecule has 3 nitrogen and oxygen atoms in total. The monoisotopic (exact) mass is 319 g/mol. The summed E-state index contributed by atoms with van der Waals surface area (Å²) < 4.78 is 5.27. The van der Waals surface area contributed by atoms with Crippen molar-refractivity contribution in [2.45, 2.75) is 19.8 Å². The number of ether oxygens (including phenoxy) is 1. The fraction of sp³-hybridized carbons (Fsp3) is 0.250. The molecule has 1 atom stereocenters. The van der Waals surface area contributed by atoms with E-state index in [0.717, 1.165) is 11.1 Å². The number of nitriles is 1. The third-order valence-corrected chi connectivity index (χ3v) is 4.92. The van der Waals surface area contributed by atoms with Crippen LogP contribution in [0, 0.1) is 25.2 Å². The van der Waals surface area contributed by atoms with Gasteiger partial charge < -0.3 is 4.74 Å². The molecule has 0 aliphatic rings. The molecule has 0 bridgehead atoms. The molecule has 0 aliphatic heterocycles. The number of aryl methyl sites for hydroxylation is 2. The standard InChI is InChI=1S/C16H14ClNO2S/c1-9-4-5-13(20-3)11(6-9)12(7-18)15(19)16-14(17)10(2)8-21-16/h4-6,8,12H,1-3H3. The predicted molar refractivity (Wildman–Crippen MR) is 84.5 cm³/mol. The Bertz CT molecular complexity index is 730. The molecule has 0 spiro atoms. The first-order valence-corrected chi connectivity index (χ1v) is 7.57. The van der Waals surface area contributed by atoms with Gasteiger partial charge in [-0.3, -0.25) is 4.79 Å². The van der Waals surface area contributed by atoms with Crippen LogP contribution in [0.3, 0.4) is 0 Å². The first kappa shape index (κ1) is 15.6. The average Bonchev–Trinajstić information content (AvgIpc) is 2.80. The Morgan fingerprint density at radius 2 is 2.14 bits per heavy atom. The Balaban J connectivity index is 2.50. The number of carbonyl (C=O) groups excluding carboxylic acids is 1. The predicted octanol–water partition coefficient (Wildman–Crippen LogP) is 4.52. The number of nitrogens with zero attached hydrogens (tertiary/aromatic N) is 1. The van der Waals surface area contributed by atoms with E-state index in [1.807, 2.05) is 25.3 Å². The van der Waals surface area contributed by atoms with Gasteiger partial charge in [0.25, 0.3) is 0 Å². The highest BCUT2D eigenvalue weighted by Crippen LogP contribution is 2.35. The highest BCUT2D eigenvalue weighted by atomic mass is 35.5. The molecule has 1 heterocycles. The van der Waals surface area contributed by atoms with E-state index in [4.69, 9.17) is 16.3 Å². The molecule has 0 fully saturated rings. The summed E-state index contributed by atoms with van der Waals surface area (Å²) >= 11 is 7.41. The smallest absolute Gasteiger partial charge is 0.196 e. The minimum atomic E-state index is -0.921. The number of thiophene rings is 1. The van der Waals surface area contributed by atoms with Crippen molar-refractivity contribution in [3.63, 3.8) is 0 Å². The van der Waals surface area contributed by atoms with Crippen molar-refractivity contribution in [3.05, 3.63) is 50.2 Å². The molecular weight excluding hydrogens is 306 g/mol. The Hall–Kier alpha value is -1.83. The number of hydrogen-bond acceptors (Lipinski definition) is 4. The van der Waals surface area contributed by atoms with Gasteiger partial charge in [0.05, 0.1) is 23.1 Å². The van der Waals surface area contributed by atoms with E-state index < -0.39 is 5.92 Å². The van der Waals surface area contributed by atoms with Gasteiger partial charge in [0.1, 0.15) is 11.7 Å². The summed E-state index contributed by atoms with van der Waals surface area (Å²) in [7, 11) is 1.52. The van der Waals surface area contributed by atoms with E-state index in [-0.39, 0.29) is 5.78 Å². The van der Waals surface area contributed by atoms with Crippen molar-refractivity contribution in [3.8, 4) is 11.8 Å². The van der Waals surface area contributed by atoms with Crippen LogP contribution in [0.15, 0.2) is 23.6 Å². The molecule has 1 unspecified atom stereocenters. The van der Waals surface area contributed by atoms with Crippen LogP contribution in [-0.4, -0.2) is 12.9 Å². The molecule has 108 valence electrons. The molecular formula is C16H14ClNO2S. The third kappa shape index (κ3) is 2.94. The maximum Gasteiger partial charge on any atom is 0.196 e. The van der Waals surface area contributed by atoms with Gasteiger partial charge in [-0.15, -0.1) is 11.3 Å². The number of ketones is 1. The molecule has 21 heavy (non-hydrogen) atoms. The number of carbonyl (C=O) groups is 1. The molecule has 1 aromatic carbocycles. The average molecular weight is 320 g/mol. The largest absolute Gasteiger partial charge is 0.496 e.